The Morgan fingerprint density at radius 3 is 1.07 bits per heavy atom. The lowest BCUT2D eigenvalue weighted by atomic mass is 9.94. The third kappa shape index (κ3) is 3.91. The summed E-state index contributed by atoms with van der Waals surface area (Å²) in [7, 11) is 0. The quantitative estimate of drug-likeness (QED) is 0.202. The van der Waals surface area contributed by atoms with Crippen molar-refractivity contribution >= 4 is 43.6 Å². The van der Waals surface area contributed by atoms with Crippen molar-refractivity contribution in [3.63, 3.8) is 0 Å². The molecule has 7 aromatic carbocycles. The Morgan fingerprint density at radius 1 is 0.370 bits per heavy atom. The number of fused-ring (bicyclic) bond motifs is 6. The molecule has 3 heteroatoms. The largest absolute Gasteiger partial charge is 0.309 e. The van der Waals surface area contributed by atoms with Gasteiger partial charge in [0.1, 0.15) is 0 Å². The Bertz CT molecular complexity index is 2380. The number of para-hydroxylation sites is 6. The fraction of sp³-hybridized carbons (Fsp3) is 0. The van der Waals surface area contributed by atoms with Crippen molar-refractivity contribution in [1.29, 1.82) is 5.26 Å². The maximum absolute atomic E-state index is 10.3. The molecule has 0 atom stereocenters. The third-order valence-electron chi connectivity index (χ3n) is 9.13. The van der Waals surface area contributed by atoms with Crippen molar-refractivity contribution in [3.05, 3.63) is 169 Å². The SMILES string of the molecule is N#Cc1cc(-c2ccccc2-n2c3ccccc3c3ccccc32)cc(-c2ccccc2-n2c3ccccc3c3ccccc32)c1. The molecule has 0 spiro atoms. The zero-order valence-electron chi connectivity index (χ0n) is 24.9. The number of hydrogen-bond donors (Lipinski definition) is 0. The van der Waals surface area contributed by atoms with Gasteiger partial charge in [-0.1, -0.05) is 109 Å². The van der Waals surface area contributed by atoms with Gasteiger partial charge >= 0.3 is 0 Å². The molecule has 0 saturated carbocycles. The molecule has 214 valence electrons. The van der Waals surface area contributed by atoms with Crippen LogP contribution in [0, 0.1) is 11.3 Å². The van der Waals surface area contributed by atoms with E-state index in [4.69, 9.17) is 0 Å². The number of rotatable bonds is 4. The van der Waals surface area contributed by atoms with Gasteiger partial charge in [-0.15, -0.1) is 0 Å². The predicted molar refractivity (Wildman–Crippen MR) is 191 cm³/mol. The van der Waals surface area contributed by atoms with Crippen molar-refractivity contribution in [3.8, 4) is 39.7 Å². The molecule has 0 amide bonds. The average Bonchev–Trinajstić information content (AvgIpc) is 3.64. The van der Waals surface area contributed by atoms with Gasteiger partial charge in [0.05, 0.1) is 45.1 Å². The van der Waals surface area contributed by atoms with Crippen LogP contribution in [0.1, 0.15) is 5.56 Å². The third-order valence-corrected chi connectivity index (χ3v) is 9.13. The second kappa shape index (κ2) is 10.4. The Morgan fingerprint density at radius 2 is 0.696 bits per heavy atom. The molecular formula is C43H27N3. The first-order chi connectivity index (χ1) is 22.8. The van der Waals surface area contributed by atoms with Crippen LogP contribution < -0.4 is 0 Å². The molecule has 2 heterocycles. The lowest BCUT2D eigenvalue weighted by molar-refractivity contribution is 1.18. The molecule has 2 aromatic heterocycles. The van der Waals surface area contributed by atoms with Crippen LogP contribution in [0.5, 0.6) is 0 Å². The molecule has 46 heavy (non-hydrogen) atoms. The number of hydrogen-bond acceptors (Lipinski definition) is 1. The molecule has 3 nitrogen and oxygen atoms in total. The summed E-state index contributed by atoms with van der Waals surface area (Å²) in [5.41, 5.74) is 11.6. The van der Waals surface area contributed by atoms with Gasteiger partial charge < -0.3 is 9.13 Å². The zero-order chi connectivity index (χ0) is 30.6. The van der Waals surface area contributed by atoms with Crippen LogP contribution in [0.3, 0.4) is 0 Å². The smallest absolute Gasteiger partial charge is 0.0992 e. The Kier molecular flexibility index (Phi) is 5.88. The summed E-state index contributed by atoms with van der Waals surface area (Å²) in [5, 5.41) is 15.2. The Balaban J connectivity index is 1.29. The predicted octanol–water partition coefficient (Wildman–Crippen LogP) is 11.1. The Hall–Kier alpha value is -6.37. The molecule has 0 aliphatic heterocycles. The minimum absolute atomic E-state index is 0.626. The molecular weight excluding hydrogens is 558 g/mol. The van der Waals surface area contributed by atoms with E-state index >= 15 is 0 Å². The van der Waals surface area contributed by atoms with E-state index in [1.807, 2.05) is 12.1 Å². The minimum Gasteiger partial charge on any atom is -0.309 e. The number of nitrogens with zero attached hydrogens (tertiary/aromatic N) is 3. The lowest BCUT2D eigenvalue weighted by Gasteiger charge is -2.17. The summed E-state index contributed by atoms with van der Waals surface area (Å²) < 4.78 is 4.70. The second-order valence-corrected chi connectivity index (χ2v) is 11.7. The molecule has 0 saturated heterocycles. The molecule has 0 unspecified atom stereocenters. The summed E-state index contributed by atoms with van der Waals surface area (Å²) in [6, 6.07) is 60.1. The lowest BCUT2D eigenvalue weighted by Crippen LogP contribution is -1.99. The van der Waals surface area contributed by atoms with E-state index in [1.165, 1.54) is 21.5 Å². The van der Waals surface area contributed by atoms with E-state index in [0.717, 1.165) is 55.7 Å². The standard InChI is InChI=1S/C43H27N3/c44-28-29-25-30(32-13-1-7-19-38(32)45-40-21-9-3-15-34(40)35-16-4-10-22-41(35)45)27-31(26-29)33-14-2-8-20-39(33)46-42-23-11-5-17-36(42)37-18-6-12-24-43(37)46/h1-27H. The van der Waals surface area contributed by atoms with E-state index in [9.17, 15) is 5.26 Å². The number of nitriles is 1. The van der Waals surface area contributed by atoms with Crippen molar-refractivity contribution < 1.29 is 0 Å². The van der Waals surface area contributed by atoms with Gasteiger partial charge in [0.25, 0.3) is 0 Å². The maximum Gasteiger partial charge on any atom is 0.0992 e. The van der Waals surface area contributed by atoms with Crippen LogP contribution in [0.25, 0.3) is 77.2 Å². The topological polar surface area (TPSA) is 33.6 Å². The van der Waals surface area contributed by atoms with Gasteiger partial charge in [-0.25, -0.2) is 0 Å². The van der Waals surface area contributed by atoms with Gasteiger partial charge in [0, 0.05) is 32.7 Å². The van der Waals surface area contributed by atoms with Gasteiger partial charge in [-0.2, -0.15) is 5.26 Å². The van der Waals surface area contributed by atoms with Gasteiger partial charge in [0.15, 0.2) is 0 Å². The van der Waals surface area contributed by atoms with E-state index in [1.54, 1.807) is 0 Å². The first-order valence-electron chi connectivity index (χ1n) is 15.5. The first-order valence-corrected chi connectivity index (χ1v) is 15.5. The monoisotopic (exact) mass is 585 g/mol. The van der Waals surface area contributed by atoms with Crippen LogP contribution >= 0.6 is 0 Å². The molecule has 0 fully saturated rings. The highest BCUT2D eigenvalue weighted by molar-refractivity contribution is 6.11. The average molecular weight is 586 g/mol. The van der Waals surface area contributed by atoms with Crippen LogP contribution in [-0.2, 0) is 0 Å². The van der Waals surface area contributed by atoms with E-state index in [0.29, 0.717) is 5.56 Å². The first kappa shape index (κ1) is 26.1. The van der Waals surface area contributed by atoms with Crippen molar-refractivity contribution in [1.82, 2.24) is 9.13 Å². The number of aromatic nitrogens is 2. The highest BCUT2D eigenvalue weighted by atomic mass is 15.0. The molecule has 0 N–H and O–H groups in total. The fourth-order valence-corrected chi connectivity index (χ4v) is 7.19. The molecule has 0 radical (unpaired) electrons. The molecule has 0 bridgehead atoms. The Labute approximate surface area is 266 Å². The molecule has 0 aliphatic rings. The normalized spacial score (nSPS) is 11.5. The fourth-order valence-electron chi connectivity index (χ4n) is 7.19. The van der Waals surface area contributed by atoms with Crippen molar-refractivity contribution in [2.45, 2.75) is 0 Å². The number of benzene rings is 7. The molecule has 9 aromatic rings. The van der Waals surface area contributed by atoms with Gasteiger partial charge in [0.2, 0.25) is 0 Å². The zero-order valence-corrected chi connectivity index (χ0v) is 24.9. The summed E-state index contributed by atoms with van der Waals surface area (Å²) in [4.78, 5) is 0. The van der Waals surface area contributed by atoms with E-state index < -0.39 is 0 Å². The minimum atomic E-state index is 0.626. The van der Waals surface area contributed by atoms with Gasteiger partial charge in [-0.05, 0) is 65.7 Å². The molecule has 0 aliphatic carbocycles. The van der Waals surface area contributed by atoms with Crippen LogP contribution in [-0.4, -0.2) is 9.13 Å². The van der Waals surface area contributed by atoms with E-state index in [-0.39, 0.29) is 0 Å². The van der Waals surface area contributed by atoms with E-state index in [2.05, 4.69) is 167 Å². The summed E-state index contributed by atoms with van der Waals surface area (Å²) in [5.74, 6) is 0. The van der Waals surface area contributed by atoms with Crippen molar-refractivity contribution in [2.75, 3.05) is 0 Å². The summed E-state index contributed by atoms with van der Waals surface area (Å²) in [6.07, 6.45) is 0. The van der Waals surface area contributed by atoms with Crippen LogP contribution in [0.4, 0.5) is 0 Å². The van der Waals surface area contributed by atoms with Crippen LogP contribution in [0.2, 0.25) is 0 Å². The van der Waals surface area contributed by atoms with Crippen molar-refractivity contribution in [2.24, 2.45) is 0 Å². The highest BCUT2D eigenvalue weighted by Gasteiger charge is 2.18. The summed E-state index contributed by atoms with van der Waals surface area (Å²) in [6.45, 7) is 0. The van der Waals surface area contributed by atoms with Gasteiger partial charge in [-0.3, -0.25) is 0 Å². The molecule has 9 rings (SSSR count). The highest BCUT2D eigenvalue weighted by Crippen LogP contribution is 2.40. The second-order valence-electron chi connectivity index (χ2n) is 11.7. The maximum atomic E-state index is 10.3. The summed E-state index contributed by atoms with van der Waals surface area (Å²) >= 11 is 0. The van der Waals surface area contributed by atoms with Crippen LogP contribution in [0.15, 0.2) is 164 Å².